The highest BCUT2D eigenvalue weighted by Crippen LogP contribution is 2.33. The lowest BCUT2D eigenvalue weighted by Gasteiger charge is -2.31. The van der Waals surface area contributed by atoms with Gasteiger partial charge in [0.2, 0.25) is 0 Å². The van der Waals surface area contributed by atoms with Crippen LogP contribution in [-0.2, 0) is 21.7 Å². The number of hydrogen-bond acceptors (Lipinski definition) is 5. The van der Waals surface area contributed by atoms with Crippen molar-refractivity contribution in [1.82, 2.24) is 10.3 Å². The van der Waals surface area contributed by atoms with E-state index in [2.05, 4.69) is 32.9 Å². The first kappa shape index (κ1) is 22.2. The first-order chi connectivity index (χ1) is 14.4. The van der Waals surface area contributed by atoms with Crippen molar-refractivity contribution in [3.05, 3.63) is 93.3 Å². The van der Waals surface area contributed by atoms with Gasteiger partial charge in [0.05, 0.1) is 12.8 Å². The van der Waals surface area contributed by atoms with E-state index >= 15 is 0 Å². The Balaban J connectivity index is 1.77. The van der Waals surface area contributed by atoms with Crippen molar-refractivity contribution in [3.63, 3.8) is 0 Å². The van der Waals surface area contributed by atoms with Gasteiger partial charge >= 0.3 is 5.97 Å². The van der Waals surface area contributed by atoms with Gasteiger partial charge in [0.25, 0.3) is 0 Å². The van der Waals surface area contributed by atoms with Crippen LogP contribution in [0.5, 0.6) is 5.75 Å². The summed E-state index contributed by atoms with van der Waals surface area (Å²) in [4.78, 5) is 17.5. The van der Waals surface area contributed by atoms with Crippen LogP contribution in [0.4, 0.5) is 0 Å². The van der Waals surface area contributed by atoms with Crippen LogP contribution in [-0.4, -0.2) is 24.1 Å². The van der Waals surface area contributed by atoms with E-state index in [1.54, 1.807) is 20.2 Å². The number of methoxy groups -OCH3 is 1. The number of ether oxygens (including phenoxy) is 2. The fraction of sp³-hybridized carbons (Fsp3) is 0.250. The van der Waals surface area contributed by atoms with Crippen LogP contribution in [0.25, 0.3) is 0 Å². The van der Waals surface area contributed by atoms with Crippen LogP contribution >= 0.6 is 22.6 Å². The summed E-state index contributed by atoms with van der Waals surface area (Å²) < 4.78 is 12.4. The minimum atomic E-state index is -0.995. The van der Waals surface area contributed by atoms with Gasteiger partial charge in [-0.1, -0.05) is 30.3 Å². The molecule has 156 valence electrons. The predicted octanol–water partition coefficient (Wildman–Crippen LogP) is 4.68. The molecule has 0 saturated heterocycles. The molecular weight excluding hydrogens is 491 g/mol. The molecule has 3 aromatic rings. The number of nitrogens with zero attached hydrogens (tertiary/aromatic N) is 1. The first-order valence-corrected chi connectivity index (χ1v) is 10.8. The monoisotopic (exact) mass is 516 g/mol. The lowest BCUT2D eigenvalue weighted by molar-refractivity contribution is -0.157. The molecule has 0 aliphatic carbocycles. The van der Waals surface area contributed by atoms with Gasteiger partial charge in [-0.15, -0.1) is 0 Å². The summed E-state index contributed by atoms with van der Waals surface area (Å²) >= 11 is 2.25. The summed E-state index contributed by atoms with van der Waals surface area (Å²) in [7, 11) is 1.63. The lowest BCUT2D eigenvalue weighted by Crippen LogP contribution is -2.41. The topological polar surface area (TPSA) is 60.5 Å². The Morgan fingerprint density at radius 1 is 1.13 bits per heavy atom. The highest BCUT2D eigenvalue weighted by Gasteiger charge is 2.36. The Morgan fingerprint density at radius 3 is 2.63 bits per heavy atom. The molecule has 0 aliphatic heterocycles. The van der Waals surface area contributed by atoms with Crippen molar-refractivity contribution in [3.8, 4) is 5.75 Å². The van der Waals surface area contributed by atoms with E-state index < -0.39 is 11.6 Å². The number of carbonyl (C=O) groups excluding carboxylic acids is 1. The number of nitrogens with one attached hydrogen (secondary N) is 1. The molecule has 1 heterocycles. The first-order valence-electron chi connectivity index (χ1n) is 9.69. The van der Waals surface area contributed by atoms with Gasteiger partial charge in [-0.3, -0.25) is 9.78 Å². The molecule has 1 N–H and O–H groups in total. The number of benzene rings is 2. The summed E-state index contributed by atoms with van der Waals surface area (Å²) in [6, 6.07) is 20.8. The van der Waals surface area contributed by atoms with Crippen LogP contribution in [0.2, 0.25) is 0 Å². The zero-order valence-electron chi connectivity index (χ0n) is 17.3. The second-order valence-corrected chi connectivity index (χ2v) is 8.38. The number of pyridine rings is 1. The van der Waals surface area contributed by atoms with Crippen LogP contribution in [0.15, 0.2) is 72.9 Å². The molecule has 30 heavy (non-hydrogen) atoms. The largest absolute Gasteiger partial charge is 0.497 e. The molecule has 2 unspecified atom stereocenters. The average molecular weight is 516 g/mol. The van der Waals surface area contributed by atoms with Gasteiger partial charge in [0, 0.05) is 21.9 Å². The number of rotatable bonds is 8. The fourth-order valence-corrected chi connectivity index (χ4v) is 3.66. The number of aromatic nitrogens is 1. The van der Waals surface area contributed by atoms with Crippen LogP contribution in [0, 0.1) is 3.57 Å². The summed E-state index contributed by atoms with van der Waals surface area (Å²) in [6.45, 7) is 4.21. The Morgan fingerprint density at radius 2 is 1.93 bits per heavy atom. The van der Waals surface area contributed by atoms with Crippen molar-refractivity contribution in [2.45, 2.75) is 32.0 Å². The van der Waals surface area contributed by atoms with E-state index in [1.165, 1.54) is 0 Å². The van der Waals surface area contributed by atoms with Crippen LogP contribution < -0.4 is 10.1 Å². The molecule has 2 aromatic carbocycles. The van der Waals surface area contributed by atoms with Gasteiger partial charge in [0.15, 0.2) is 5.60 Å². The molecule has 3 rings (SSSR count). The third-order valence-corrected chi connectivity index (χ3v) is 5.60. The van der Waals surface area contributed by atoms with Crippen LogP contribution in [0.1, 0.15) is 30.7 Å². The van der Waals surface area contributed by atoms with E-state index in [1.807, 2.05) is 73.7 Å². The minimum Gasteiger partial charge on any atom is -0.497 e. The van der Waals surface area contributed by atoms with E-state index in [0.717, 1.165) is 20.4 Å². The highest BCUT2D eigenvalue weighted by atomic mass is 127. The van der Waals surface area contributed by atoms with Crippen molar-refractivity contribution in [1.29, 1.82) is 0 Å². The van der Waals surface area contributed by atoms with Gasteiger partial charge in [-0.25, -0.2) is 0 Å². The number of esters is 1. The molecule has 2 atom stereocenters. The van der Waals surface area contributed by atoms with E-state index in [-0.39, 0.29) is 5.97 Å². The Hall–Kier alpha value is -2.45. The zero-order chi connectivity index (χ0) is 21.6. The van der Waals surface area contributed by atoms with E-state index in [9.17, 15) is 4.79 Å². The Labute approximate surface area is 191 Å². The summed E-state index contributed by atoms with van der Waals surface area (Å²) in [5, 5.41) is 3.23. The highest BCUT2D eigenvalue weighted by molar-refractivity contribution is 14.1. The van der Waals surface area contributed by atoms with Gasteiger partial charge < -0.3 is 14.8 Å². The molecule has 6 heteroatoms. The standard InChI is InChI=1S/C24H25IN2O3/c1-17(27-16-18-8-6-11-21(14-18)29-3)23(28)30-24(2,22-12-4-5-13-26-22)19-9-7-10-20(25)15-19/h4-15,17,27H,16H2,1-3H3. The Bertz CT molecular complexity index is 997. The molecule has 0 bridgehead atoms. The second-order valence-electron chi connectivity index (χ2n) is 7.13. The molecular formula is C24H25IN2O3. The number of halogens is 1. The molecule has 1 aromatic heterocycles. The molecule has 5 nitrogen and oxygen atoms in total. The molecule has 0 saturated carbocycles. The molecule has 0 amide bonds. The summed E-state index contributed by atoms with van der Waals surface area (Å²) in [5.41, 5.74) is 1.59. The molecule has 0 aliphatic rings. The SMILES string of the molecule is COc1cccc(CNC(C)C(=O)OC(C)(c2cccc(I)c2)c2ccccn2)c1. The molecule has 0 fully saturated rings. The van der Waals surface area contributed by atoms with Crippen molar-refractivity contribution < 1.29 is 14.3 Å². The maximum atomic E-state index is 13.0. The molecule has 0 spiro atoms. The quantitative estimate of drug-likeness (QED) is 0.348. The van der Waals surface area contributed by atoms with Gasteiger partial charge in [0.1, 0.15) is 11.8 Å². The Kier molecular flexibility index (Phi) is 7.44. The van der Waals surface area contributed by atoms with Gasteiger partial charge in [-0.2, -0.15) is 0 Å². The fourth-order valence-electron chi connectivity index (χ4n) is 3.12. The summed E-state index contributed by atoms with van der Waals surface area (Å²) in [6.07, 6.45) is 1.71. The number of carbonyl (C=O) groups is 1. The normalized spacial score (nSPS) is 13.9. The third kappa shape index (κ3) is 5.37. The van der Waals surface area contributed by atoms with Crippen molar-refractivity contribution >= 4 is 28.6 Å². The average Bonchev–Trinajstić information content (AvgIpc) is 2.78. The zero-order valence-corrected chi connectivity index (χ0v) is 19.4. The van der Waals surface area contributed by atoms with Crippen LogP contribution in [0.3, 0.4) is 0 Å². The maximum absolute atomic E-state index is 13.0. The van der Waals surface area contributed by atoms with E-state index in [0.29, 0.717) is 12.2 Å². The van der Waals surface area contributed by atoms with Crippen molar-refractivity contribution in [2.75, 3.05) is 7.11 Å². The van der Waals surface area contributed by atoms with Crippen molar-refractivity contribution in [2.24, 2.45) is 0 Å². The minimum absolute atomic E-state index is 0.343. The third-order valence-electron chi connectivity index (χ3n) is 4.93. The van der Waals surface area contributed by atoms with E-state index in [4.69, 9.17) is 9.47 Å². The lowest BCUT2D eigenvalue weighted by atomic mass is 9.91. The predicted molar refractivity (Wildman–Crippen MR) is 125 cm³/mol. The maximum Gasteiger partial charge on any atom is 0.324 e. The summed E-state index contributed by atoms with van der Waals surface area (Å²) in [5.74, 6) is 0.441. The molecule has 0 radical (unpaired) electrons. The second kappa shape index (κ2) is 10.0. The smallest absolute Gasteiger partial charge is 0.324 e. The number of hydrogen-bond donors (Lipinski definition) is 1. The van der Waals surface area contributed by atoms with Gasteiger partial charge in [-0.05, 0) is 78.4 Å².